The molecule has 0 aliphatic heterocycles. The van der Waals surface area contributed by atoms with Crippen molar-refractivity contribution in [1.82, 2.24) is 0 Å². The zero-order valence-electron chi connectivity index (χ0n) is 5.20. The van der Waals surface area contributed by atoms with Crippen molar-refractivity contribution in [2.75, 3.05) is 0 Å². The van der Waals surface area contributed by atoms with E-state index in [1.807, 2.05) is 0 Å². The van der Waals surface area contributed by atoms with E-state index in [4.69, 9.17) is 0 Å². The number of rotatable bonds is 0. The summed E-state index contributed by atoms with van der Waals surface area (Å²) in [7, 11) is 0. The van der Waals surface area contributed by atoms with Gasteiger partial charge in [-0.15, -0.1) is 0 Å². The Morgan fingerprint density at radius 1 is 1.00 bits per heavy atom. The molecule has 7 heavy (non-hydrogen) atoms. The first-order valence-electron chi connectivity index (χ1n) is 0.707. The van der Waals surface area contributed by atoms with Gasteiger partial charge in [0.2, 0.25) is 0 Å². The maximum Gasteiger partial charge on any atom is 2.00 e. The van der Waals surface area contributed by atoms with E-state index >= 15 is 0 Å². The van der Waals surface area contributed by atoms with Crippen LogP contribution in [0.15, 0.2) is 0 Å². The van der Waals surface area contributed by atoms with Crippen molar-refractivity contribution in [3.8, 4) is 0 Å². The van der Waals surface area contributed by atoms with E-state index in [1.165, 1.54) is 0 Å². The Bertz CT molecular complexity index is 15.7. The monoisotopic (exact) mass is 162 g/mol. The van der Waals surface area contributed by atoms with Gasteiger partial charge in [-0.1, -0.05) is 0 Å². The summed E-state index contributed by atoms with van der Waals surface area (Å²) in [5.74, 6) is 0. The molecule has 0 spiro atoms. The molecule has 0 aliphatic rings. The topological polar surface area (TPSA) is 28.5 Å². The summed E-state index contributed by atoms with van der Waals surface area (Å²) in [6.07, 6.45) is 0. The molecule has 0 aromatic rings. The molecule has 0 aromatic heterocycles. The van der Waals surface area contributed by atoms with Crippen molar-refractivity contribution in [2.24, 2.45) is 0 Å². The molecule has 0 amide bonds. The summed E-state index contributed by atoms with van der Waals surface area (Å²) in [5, 5.41) is 0. The second-order valence-corrected chi connectivity index (χ2v) is 0. The average Bonchev–Trinajstić information content (AvgIpc) is 1.00. The molecule has 0 radical (unpaired) electrons. The number of halogens is 1. The molecule has 30 valence electrons. The molecule has 0 saturated heterocycles. The standard InChI is InChI=1S/C2H5.BrH.2Li.Mg.O/c1-2;;;;;/h1H2,2H3;1H;;;;/q-1;;2*+1;+2;-2/p-1. The summed E-state index contributed by atoms with van der Waals surface area (Å²) in [4.78, 5) is 0. The van der Waals surface area contributed by atoms with Gasteiger partial charge in [0, 0.05) is 0 Å². The molecular weight excluding hydrogens is 158 g/mol. The van der Waals surface area contributed by atoms with Gasteiger partial charge in [-0.2, -0.15) is 6.92 Å². The van der Waals surface area contributed by atoms with E-state index in [2.05, 4.69) is 6.92 Å². The fraction of sp³-hybridized carbons (Fsp3) is 0.500. The van der Waals surface area contributed by atoms with Crippen molar-refractivity contribution >= 4 is 23.1 Å². The Balaban J connectivity index is -0.000000000500. The minimum absolute atomic E-state index is 0. The Morgan fingerprint density at radius 3 is 1.00 bits per heavy atom. The van der Waals surface area contributed by atoms with Crippen LogP contribution in [0.25, 0.3) is 0 Å². The first-order chi connectivity index (χ1) is 1.00. The van der Waals surface area contributed by atoms with E-state index in [9.17, 15) is 0 Å². The van der Waals surface area contributed by atoms with Crippen LogP contribution in [0.4, 0.5) is 0 Å². The van der Waals surface area contributed by atoms with Gasteiger partial charge in [-0.25, -0.2) is 0 Å². The Kier molecular flexibility index (Phi) is 654. The normalized spacial score (nSPS) is 0.857. The van der Waals surface area contributed by atoms with Gasteiger partial charge in [0.25, 0.3) is 0 Å². The zero-order chi connectivity index (χ0) is 2.00. The third-order valence-corrected chi connectivity index (χ3v) is 0. The van der Waals surface area contributed by atoms with E-state index in [-0.39, 0.29) is 83.2 Å². The molecule has 0 rings (SSSR count). The van der Waals surface area contributed by atoms with E-state index < -0.39 is 0 Å². The van der Waals surface area contributed by atoms with Crippen molar-refractivity contribution in [3.63, 3.8) is 0 Å². The molecule has 0 bridgehead atoms. The first-order valence-corrected chi connectivity index (χ1v) is 0.707. The van der Waals surface area contributed by atoms with Gasteiger partial charge < -0.3 is 29.4 Å². The third-order valence-electron chi connectivity index (χ3n) is 0. The minimum Gasteiger partial charge on any atom is -2.00 e. The van der Waals surface area contributed by atoms with E-state index in [0.717, 1.165) is 0 Å². The van der Waals surface area contributed by atoms with Crippen LogP contribution >= 0.6 is 0 Å². The summed E-state index contributed by atoms with van der Waals surface area (Å²) in [6.45, 7) is 5.00. The molecule has 0 atom stereocenters. The quantitative estimate of drug-likeness (QED) is 0.251. The average molecular weight is 163 g/mol. The van der Waals surface area contributed by atoms with Gasteiger partial charge in [0.15, 0.2) is 0 Å². The van der Waals surface area contributed by atoms with Crippen LogP contribution in [0.2, 0.25) is 0 Å². The molecule has 0 fully saturated rings. The SMILES string of the molecule is [Br-].[CH2-]C.[Li+].[Li+].[Mg+2].[O-2]. The Labute approximate surface area is 96.0 Å². The van der Waals surface area contributed by atoms with E-state index in [1.54, 1.807) is 6.92 Å². The first kappa shape index (κ1) is 57.4. The van der Waals surface area contributed by atoms with Crippen LogP contribution in [0.1, 0.15) is 6.92 Å². The molecule has 0 N–H and O–H groups in total. The Morgan fingerprint density at radius 2 is 1.00 bits per heavy atom. The van der Waals surface area contributed by atoms with Gasteiger partial charge in [-0.05, 0) is 0 Å². The Hall–Kier alpha value is 2.40. The summed E-state index contributed by atoms with van der Waals surface area (Å²) < 4.78 is 0. The van der Waals surface area contributed by atoms with Crippen molar-refractivity contribution < 1.29 is 60.2 Å². The molecule has 1 nitrogen and oxygen atoms in total. The van der Waals surface area contributed by atoms with Crippen molar-refractivity contribution in [2.45, 2.75) is 6.92 Å². The smallest absolute Gasteiger partial charge is 2.00 e. The number of hydrogen-bond donors (Lipinski definition) is 0. The van der Waals surface area contributed by atoms with Crippen LogP contribution in [0, 0.1) is 6.92 Å². The van der Waals surface area contributed by atoms with Crippen LogP contribution < -0.4 is 54.7 Å². The van der Waals surface area contributed by atoms with E-state index in [0.29, 0.717) is 0 Å². The van der Waals surface area contributed by atoms with Gasteiger partial charge in [0.05, 0.1) is 0 Å². The second kappa shape index (κ2) is 79.8. The van der Waals surface area contributed by atoms with Crippen molar-refractivity contribution in [1.29, 1.82) is 0 Å². The summed E-state index contributed by atoms with van der Waals surface area (Å²) >= 11 is 0. The molecule has 0 aliphatic carbocycles. The molecule has 0 heterocycles. The van der Waals surface area contributed by atoms with Crippen LogP contribution in [-0.2, 0) is 5.48 Å². The number of hydrogen-bond acceptors (Lipinski definition) is 0. The largest absolute Gasteiger partial charge is 2.00 e. The molecule has 0 aromatic carbocycles. The molecule has 0 unspecified atom stereocenters. The predicted octanol–water partition coefficient (Wildman–Crippen LogP) is -8.65. The summed E-state index contributed by atoms with van der Waals surface area (Å²) in [6, 6.07) is 0. The van der Waals surface area contributed by atoms with Crippen LogP contribution in [0.5, 0.6) is 0 Å². The minimum atomic E-state index is 0. The fourth-order valence-corrected chi connectivity index (χ4v) is 0. The molecule has 5 heteroatoms. The van der Waals surface area contributed by atoms with Crippen LogP contribution in [0.3, 0.4) is 0 Å². The molecular formula is C2H5BrLi2MgO. The van der Waals surface area contributed by atoms with Crippen molar-refractivity contribution in [3.05, 3.63) is 6.92 Å². The zero-order valence-corrected chi connectivity index (χ0v) is 8.20. The maximum absolute atomic E-state index is 3.25. The predicted molar refractivity (Wildman–Crippen MR) is 17.5 cm³/mol. The maximum atomic E-state index is 3.25. The van der Waals surface area contributed by atoms with Gasteiger partial charge in [0.1, 0.15) is 0 Å². The second-order valence-electron chi connectivity index (χ2n) is 0. The summed E-state index contributed by atoms with van der Waals surface area (Å²) in [5.41, 5.74) is 0. The van der Waals surface area contributed by atoms with Crippen LogP contribution in [-0.4, -0.2) is 23.1 Å². The molecule has 0 saturated carbocycles. The fourth-order valence-electron chi connectivity index (χ4n) is 0. The van der Waals surface area contributed by atoms with Gasteiger partial charge in [-0.3, -0.25) is 0 Å². The van der Waals surface area contributed by atoms with Gasteiger partial charge >= 0.3 is 60.8 Å². The third kappa shape index (κ3) is 59.7.